The van der Waals surface area contributed by atoms with E-state index in [0.29, 0.717) is 5.56 Å². The predicted octanol–water partition coefficient (Wildman–Crippen LogP) is 5.81. The van der Waals surface area contributed by atoms with Crippen LogP contribution in [0.4, 0.5) is 15.8 Å². The molecule has 0 heterocycles. The molecule has 148 valence electrons. The van der Waals surface area contributed by atoms with Gasteiger partial charge < -0.3 is 16.5 Å². The highest BCUT2D eigenvalue weighted by molar-refractivity contribution is 5.88. The SMILES string of the molecule is N=Cc1ccc(N)c(F)c1NC(c1ccccc1)(c1ccccc1)c1ccccc1. The van der Waals surface area contributed by atoms with E-state index in [1.165, 1.54) is 6.07 Å². The van der Waals surface area contributed by atoms with Crippen molar-refractivity contribution in [3.63, 3.8) is 0 Å². The fourth-order valence-corrected chi connectivity index (χ4v) is 3.82. The highest BCUT2D eigenvalue weighted by Crippen LogP contribution is 2.41. The molecule has 0 aliphatic carbocycles. The van der Waals surface area contributed by atoms with Crippen molar-refractivity contribution in [3.8, 4) is 0 Å². The van der Waals surface area contributed by atoms with Gasteiger partial charge in [0.1, 0.15) is 5.54 Å². The Bertz CT molecular complexity index is 1050. The van der Waals surface area contributed by atoms with Crippen molar-refractivity contribution in [1.29, 1.82) is 5.41 Å². The maximum absolute atomic E-state index is 15.2. The molecule has 0 radical (unpaired) electrons. The molecule has 3 nitrogen and oxygen atoms in total. The van der Waals surface area contributed by atoms with Gasteiger partial charge in [-0.3, -0.25) is 0 Å². The number of halogens is 1. The lowest BCUT2D eigenvalue weighted by Gasteiger charge is -2.38. The Labute approximate surface area is 175 Å². The molecule has 0 aliphatic heterocycles. The number of nitrogens with two attached hydrogens (primary N) is 1. The maximum Gasteiger partial charge on any atom is 0.169 e. The molecule has 0 bridgehead atoms. The zero-order chi connectivity index (χ0) is 21.0. The number of nitrogens with one attached hydrogen (secondary N) is 2. The van der Waals surface area contributed by atoms with Gasteiger partial charge in [0.25, 0.3) is 0 Å². The number of hydrogen-bond donors (Lipinski definition) is 3. The van der Waals surface area contributed by atoms with Crippen LogP contribution in [0.5, 0.6) is 0 Å². The van der Waals surface area contributed by atoms with E-state index in [9.17, 15) is 0 Å². The summed E-state index contributed by atoms with van der Waals surface area (Å²) in [5.74, 6) is -0.567. The molecule has 0 spiro atoms. The predicted molar refractivity (Wildman–Crippen MR) is 122 cm³/mol. The minimum atomic E-state index is -0.893. The fraction of sp³-hybridized carbons (Fsp3) is 0.0385. The van der Waals surface area contributed by atoms with Gasteiger partial charge in [-0.05, 0) is 28.8 Å². The average Bonchev–Trinajstić information content (AvgIpc) is 2.82. The number of anilines is 2. The van der Waals surface area contributed by atoms with Crippen LogP contribution in [0.25, 0.3) is 0 Å². The Morgan fingerprint density at radius 2 is 1.13 bits per heavy atom. The Morgan fingerprint density at radius 1 is 0.700 bits per heavy atom. The molecule has 4 rings (SSSR count). The van der Waals surface area contributed by atoms with Crippen LogP contribution in [0.15, 0.2) is 103 Å². The molecule has 4 aromatic rings. The van der Waals surface area contributed by atoms with Crippen molar-refractivity contribution < 1.29 is 4.39 Å². The monoisotopic (exact) mass is 395 g/mol. The van der Waals surface area contributed by atoms with Gasteiger partial charge in [0.2, 0.25) is 0 Å². The summed E-state index contributed by atoms with van der Waals surface area (Å²) in [4.78, 5) is 0. The van der Waals surface area contributed by atoms with E-state index in [0.717, 1.165) is 22.9 Å². The standard InChI is InChI=1S/C26H22FN3/c27-24-23(29)17-16-19(18-28)25(24)30-26(20-10-4-1-5-11-20,21-12-6-2-7-13-21)22-14-8-3-9-15-22/h1-18,28,30H,29H2. The zero-order valence-electron chi connectivity index (χ0n) is 16.3. The first-order chi connectivity index (χ1) is 14.7. The lowest BCUT2D eigenvalue weighted by molar-refractivity contribution is 0.622. The molecule has 4 N–H and O–H groups in total. The molecule has 0 amide bonds. The molecule has 0 atom stereocenters. The van der Waals surface area contributed by atoms with Gasteiger partial charge >= 0.3 is 0 Å². The third-order valence-electron chi connectivity index (χ3n) is 5.29. The molecule has 0 saturated carbocycles. The molecule has 4 heteroatoms. The minimum Gasteiger partial charge on any atom is -0.396 e. The smallest absolute Gasteiger partial charge is 0.169 e. The summed E-state index contributed by atoms with van der Waals surface area (Å²) in [5.41, 5.74) is 8.48. The van der Waals surface area contributed by atoms with E-state index in [1.54, 1.807) is 6.07 Å². The van der Waals surface area contributed by atoms with E-state index in [1.807, 2.05) is 91.0 Å². The number of nitrogen functional groups attached to an aromatic ring is 1. The number of rotatable bonds is 6. The fourth-order valence-electron chi connectivity index (χ4n) is 3.82. The van der Waals surface area contributed by atoms with Crippen LogP contribution in [-0.4, -0.2) is 6.21 Å². The van der Waals surface area contributed by atoms with Crippen molar-refractivity contribution >= 4 is 17.6 Å². The summed E-state index contributed by atoms with van der Waals surface area (Å²) in [6.45, 7) is 0. The van der Waals surface area contributed by atoms with E-state index < -0.39 is 11.4 Å². The van der Waals surface area contributed by atoms with Gasteiger partial charge in [0.15, 0.2) is 5.82 Å². The average molecular weight is 395 g/mol. The molecule has 30 heavy (non-hydrogen) atoms. The summed E-state index contributed by atoms with van der Waals surface area (Å²) >= 11 is 0. The van der Waals surface area contributed by atoms with Crippen LogP contribution in [0.3, 0.4) is 0 Å². The summed E-state index contributed by atoms with van der Waals surface area (Å²) in [5, 5.41) is 11.3. The Kier molecular flexibility index (Phi) is 5.31. The zero-order valence-corrected chi connectivity index (χ0v) is 16.3. The van der Waals surface area contributed by atoms with E-state index in [4.69, 9.17) is 11.1 Å². The second-order valence-corrected chi connectivity index (χ2v) is 7.05. The molecular formula is C26H22FN3. The molecule has 0 fully saturated rings. The lowest BCUT2D eigenvalue weighted by atomic mass is 9.76. The van der Waals surface area contributed by atoms with E-state index in [-0.39, 0.29) is 11.4 Å². The molecule has 4 aromatic carbocycles. The van der Waals surface area contributed by atoms with Crippen molar-refractivity contribution in [2.45, 2.75) is 5.54 Å². The molecule has 0 saturated heterocycles. The Morgan fingerprint density at radius 3 is 1.53 bits per heavy atom. The van der Waals surface area contributed by atoms with Crippen LogP contribution < -0.4 is 11.1 Å². The van der Waals surface area contributed by atoms with Crippen LogP contribution in [0.1, 0.15) is 22.3 Å². The first-order valence-electron chi connectivity index (χ1n) is 9.70. The number of hydrogen-bond acceptors (Lipinski definition) is 3. The van der Waals surface area contributed by atoms with Gasteiger partial charge in [0.05, 0.1) is 11.4 Å². The summed E-state index contributed by atoms with van der Waals surface area (Å²) in [6.07, 6.45) is 1.14. The summed E-state index contributed by atoms with van der Waals surface area (Å²) < 4.78 is 15.2. The second kappa shape index (κ2) is 8.21. The van der Waals surface area contributed by atoms with Gasteiger partial charge in [0, 0.05) is 11.8 Å². The van der Waals surface area contributed by atoms with Gasteiger partial charge in [-0.2, -0.15) is 0 Å². The maximum atomic E-state index is 15.2. The third kappa shape index (κ3) is 3.33. The molecule has 0 unspecified atom stereocenters. The van der Waals surface area contributed by atoms with Gasteiger partial charge in [-0.1, -0.05) is 91.0 Å². The quantitative estimate of drug-likeness (QED) is 0.219. The van der Waals surface area contributed by atoms with Crippen molar-refractivity contribution in [2.75, 3.05) is 11.1 Å². The molecule has 0 aromatic heterocycles. The second-order valence-electron chi connectivity index (χ2n) is 7.05. The van der Waals surface area contributed by atoms with E-state index >= 15 is 4.39 Å². The van der Waals surface area contributed by atoms with E-state index in [2.05, 4.69) is 5.32 Å². The van der Waals surface area contributed by atoms with Crippen LogP contribution in [-0.2, 0) is 5.54 Å². The van der Waals surface area contributed by atoms with Gasteiger partial charge in [-0.25, -0.2) is 4.39 Å². The highest BCUT2D eigenvalue weighted by Gasteiger charge is 2.37. The number of benzene rings is 4. The topological polar surface area (TPSA) is 61.9 Å². The van der Waals surface area contributed by atoms with Crippen LogP contribution >= 0.6 is 0 Å². The summed E-state index contributed by atoms with van der Waals surface area (Å²) in [6, 6.07) is 32.9. The lowest BCUT2D eigenvalue weighted by Crippen LogP contribution is -2.38. The molecule has 0 aliphatic rings. The largest absolute Gasteiger partial charge is 0.396 e. The van der Waals surface area contributed by atoms with Crippen molar-refractivity contribution in [3.05, 3.63) is 131 Å². The van der Waals surface area contributed by atoms with Crippen molar-refractivity contribution in [2.24, 2.45) is 0 Å². The van der Waals surface area contributed by atoms with Crippen LogP contribution in [0, 0.1) is 11.2 Å². The highest BCUT2D eigenvalue weighted by atomic mass is 19.1. The van der Waals surface area contributed by atoms with Crippen LogP contribution in [0.2, 0.25) is 0 Å². The Balaban J connectivity index is 2.07. The third-order valence-corrected chi connectivity index (χ3v) is 5.29. The van der Waals surface area contributed by atoms with Gasteiger partial charge in [-0.15, -0.1) is 0 Å². The van der Waals surface area contributed by atoms with Crippen molar-refractivity contribution in [1.82, 2.24) is 0 Å². The Hall–Kier alpha value is -3.92. The summed E-state index contributed by atoms with van der Waals surface area (Å²) in [7, 11) is 0. The minimum absolute atomic E-state index is 0.0335. The molecular weight excluding hydrogens is 373 g/mol. The first kappa shape index (κ1) is 19.4. The normalized spacial score (nSPS) is 11.1. The first-order valence-corrected chi connectivity index (χ1v) is 9.70.